The van der Waals surface area contributed by atoms with Crippen molar-refractivity contribution in [3.63, 3.8) is 0 Å². The Kier molecular flexibility index (Phi) is 4.86. The molecule has 1 saturated heterocycles. The fourth-order valence-corrected chi connectivity index (χ4v) is 3.45. The zero-order chi connectivity index (χ0) is 14.9. The molecule has 2 rings (SSSR count). The summed E-state index contributed by atoms with van der Waals surface area (Å²) < 4.78 is 0.964. The van der Waals surface area contributed by atoms with Crippen molar-refractivity contribution in [3.8, 4) is 0 Å². The van der Waals surface area contributed by atoms with Crippen LogP contribution < -0.4 is 0 Å². The van der Waals surface area contributed by atoms with Gasteiger partial charge in [0, 0.05) is 35.7 Å². The maximum Gasteiger partial charge on any atom is 0.253 e. The minimum atomic E-state index is 0.121. The van der Waals surface area contributed by atoms with Crippen LogP contribution in [0.3, 0.4) is 0 Å². The Morgan fingerprint density at radius 3 is 2.70 bits per heavy atom. The van der Waals surface area contributed by atoms with Crippen molar-refractivity contribution >= 4 is 21.8 Å². The van der Waals surface area contributed by atoms with Gasteiger partial charge in [-0.05, 0) is 57.5 Å². The van der Waals surface area contributed by atoms with Crippen LogP contribution in [0, 0.1) is 6.92 Å². The van der Waals surface area contributed by atoms with Gasteiger partial charge >= 0.3 is 0 Å². The maximum absolute atomic E-state index is 12.6. The minimum Gasteiger partial charge on any atom is -0.339 e. The minimum absolute atomic E-state index is 0.121. The van der Waals surface area contributed by atoms with Crippen LogP contribution in [0.4, 0.5) is 0 Å². The van der Waals surface area contributed by atoms with Crippen LogP contribution in [0.15, 0.2) is 22.7 Å². The highest BCUT2D eigenvalue weighted by Crippen LogP contribution is 2.22. The quantitative estimate of drug-likeness (QED) is 0.825. The van der Waals surface area contributed by atoms with Gasteiger partial charge in [0.2, 0.25) is 0 Å². The van der Waals surface area contributed by atoms with Crippen LogP contribution in [0.5, 0.6) is 0 Å². The van der Waals surface area contributed by atoms with Crippen LogP contribution >= 0.6 is 15.9 Å². The Bertz CT molecular complexity index is 483. The summed E-state index contributed by atoms with van der Waals surface area (Å²) in [4.78, 5) is 16.9. The summed E-state index contributed by atoms with van der Waals surface area (Å²) in [5.41, 5.74) is 1.87. The molecule has 3 nitrogen and oxygen atoms in total. The molecule has 1 aromatic rings. The number of carbonyl (C=O) groups is 1. The third kappa shape index (κ3) is 3.41. The smallest absolute Gasteiger partial charge is 0.253 e. The normalized spacial score (nSPS) is 23.6. The van der Waals surface area contributed by atoms with Gasteiger partial charge in [0.05, 0.1) is 0 Å². The van der Waals surface area contributed by atoms with E-state index in [4.69, 9.17) is 0 Å². The number of carbonyl (C=O) groups excluding carboxylic acids is 1. The maximum atomic E-state index is 12.6. The molecule has 0 radical (unpaired) electrons. The van der Waals surface area contributed by atoms with E-state index in [0.29, 0.717) is 12.1 Å². The predicted molar refractivity (Wildman–Crippen MR) is 86.1 cm³/mol. The first-order valence-corrected chi connectivity index (χ1v) is 7.92. The molecular weight excluding hydrogens is 316 g/mol. The molecule has 1 aliphatic rings. The molecule has 2 unspecified atom stereocenters. The molecule has 2 atom stereocenters. The molecule has 1 heterocycles. The van der Waals surface area contributed by atoms with Crippen molar-refractivity contribution < 1.29 is 4.79 Å². The highest BCUT2D eigenvalue weighted by Gasteiger charge is 2.28. The van der Waals surface area contributed by atoms with E-state index in [-0.39, 0.29) is 5.91 Å². The van der Waals surface area contributed by atoms with E-state index in [1.807, 2.05) is 37.1 Å². The third-order valence-electron chi connectivity index (χ3n) is 4.34. The van der Waals surface area contributed by atoms with Crippen LogP contribution in [-0.2, 0) is 0 Å². The van der Waals surface area contributed by atoms with Gasteiger partial charge < -0.3 is 9.80 Å². The fourth-order valence-electron chi connectivity index (χ4n) is 2.85. The summed E-state index contributed by atoms with van der Waals surface area (Å²) in [6.45, 7) is 5.30. The standard InChI is InChI=1S/C16H23BrN2O/c1-11-7-13(10-14(17)8-11)16(20)19(4)15-5-6-18(3)12(2)9-15/h7-8,10,12,15H,5-6,9H2,1-4H3. The van der Waals surface area contributed by atoms with E-state index in [0.717, 1.165) is 35.0 Å². The summed E-state index contributed by atoms with van der Waals surface area (Å²) in [7, 11) is 4.08. The van der Waals surface area contributed by atoms with Crippen molar-refractivity contribution in [1.82, 2.24) is 9.80 Å². The molecule has 0 N–H and O–H groups in total. The monoisotopic (exact) mass is 338 g/mol. The van der Waals surface area contributed by atoms with E-state index in [1.165, 1.54) is 0 Å². The van der Waals surface area contributed by atoms with E-state index in [1.54, 1.807) is 0 Å². The van der Waals surface area contributed by atoms with Gasteiger partial charge in [0.1, 0.15) is 0 Å². The van der Waals surface area contributed by atoms with Crippen molar-refractivity contribution in [2.45, 2.75) is 38.8 Å². The SMILES string of the molecule is Cc1cc(Br)cc(C(=O)N(C)C2CCN(C)C(C)C2)c1. The number of amides is 1. The second kappa shape index (κ2) is 6.27. The largest absolute Gasteiger partial charge is 0.339 e. The molecule has 0 spiro atoms. The Hall–Kier alpha value is -0.870. The molecule has 0 bridgehead atoms. The molecule has 0 aromatic heterocycles. The second-order valence-corrected chi connectivity index (χ2v) is 6.86. The van der Waals surface area contributed by atoms with Gasteiger partial charge in [0.25, 0.3) is 5.91 Å². The van der Waals surface area contributed by atoms with Crippen molar-refractivity contribution in [2.75, 3.05) is 20.6 Å². The summed E-state index contributed by atoms with van der Waals surface area (Å²) in [6.07, 6.45) is 2.10. The summed E-state index contributed by atoms with van der Waals surface area (Å²) in [5, 5.41) is 0. The number of rotatable bonds is 2. The molecule has 4 heteroatoms. The summed E-state index contributed by atoms with van der Waals surface area (Å²) in [5.74, 6) is 0.121. The lowest BCUT2D eigenvalue weighted by molar-refractivity contribution is 0.0598. The van der Waals surface area contributed by atoms with Gasteiger partial charge in [-0.3, -0.25) is 4.79 Å². The Labute approximate surface area is 130 Å². The molecule has 1 fully saturated rings. The summed E-state index contributed by atoms with van der Waals surface area (Å²) >= 11 is 3.47. The van der Waals surface area contributed by atoms with Crippen LogP contribution in [0.25, 0.3) is 0 Å². The molecule has 1 aliphatic heterocycles. The number of hydrogen-bond acceptors (Lipinski definition) is 2. The number of piperidine rings is 1. The van der Waals surface area contributed by atoms with Gasteiger partial charge in [-0.25, -0.2) is 0 Å². The Balaban J connectivity index is 2.12. The number of halogens is 1. The summed E-state index contributed by atoms with van der Waals surface area (Å²) in [6, 6.07) is 6.77. The first-order valence-electron chi connectivity index (χ1n) is 7.13. The van der Waals surface area contributed by atoms with Crippen LogP contribution in [0.2, 0.25) is 0 Å². The Morgan fingerprint density at radius 2 is 2.10 bits per heavy atom. The van der Waals surface area contributed by atoms with Gasteiger partial charge in [-0.15, -0.1) is 0 Å². The molecule has 1 amide bonds. The third-order valence-corrected chi connectivity index (χ3v) is 4.80. The van der Waals surface area contributed by atoms with Gasteiger partial charge in [-0.1, -0.05) is 15.9 Å². The number of likely N-dealkylation sites (tertiary alicyclic amines) is 1. The molecular formula is C16H23BrN2O. The second-order valence-electron chi connectivity index (χ2n) is 5.94. The molecule has 20 heavy (non-hydrogen) atoms. The number of hydrogen-bond donors (Lipinski definition) is 0. The van der Waals surface area contributed by atoms with Crippen molar-refractivity contribution in [3.05, 3.63) is 33.8 Å². The molecule has 1 aromatic carbocycles. The highest BCUT2D eigenvalue weighted by molar-refractivity contribution is 9.10. The van der Waals surface area contributed by atoms with E-state index in [2.05, 4.69) is 34.8 Å². The van der Waals surface area contributed by atoms with Gasteiger partial charge in [-0.2, -0.15) is 0 Å². The van der Waals surface area contributed by atoms with E-state index in [9.17, 15) is 4.79 Å². The number of aryl methyl sites for hydroxylation is 1. The average molecular weight is 339 g/mol. The van der Waals surface area contributed by atoms with Crippen molar-refractivity contribution in [1.29, 1.82) is 0 Å². The predicted octanol–water partition coefficient (Wildman–Crippen LogP) is 3.31. The zero-order valence-corrected chi connectivity index (χ0v) is 14.3. The van der Waals surface area contributed by atoms with Crippen LogP contribution in [0.1, 0.15) is 35.7 Å². The number of nitrogens with zero attached hydrogens (tertiary/aromatic N) is 2. The molecule has 110 valence electrons. The van der Waals surface area contributed by atoms with Gasteiger partial charge in [0.15, 0.2) is 0 Å². The average Bonchev–Trinajstić information content (AvgIpc) is 2.39. The number of benzene rings is 1. The molecule has 0 aliphatic carbocycles. The topological polar surface area (TPSA) is 23.6 Å². The first kappa shape index (κ1) is 15.5. The van der Waals surface area contributed by atoms with Crippen LogP contribution in [-0.4, -0.2) is 48.4 Å². The van der Waals surface area contributed by atoms with E-state index >= 15 is 0 Å². The fraction of sp³-hybridized carbons (Fsp3) is 0.562. The lowest BCUT2D eigenvalue weighted by Crippen LogP contribution is -2.48. The molecule has 0 saturated carbocycles. The lowest BCUT2D eigenvalue weighted by Gasteiger charge is -2.39. The zero-order valence-electron chi connectivity index (χ0n) is 12.7. The highest BCUT2D eigenvalue weighted by atomic mass is 79.9. The lowest BCUT2D eigenvalue weighted by atomic mass is 9.97. The first-order chi connectivity index (χ1) is 9.38. The van der Waals surface area contributed by atoms with E-state index < -0.39 is 0 Å². The van der Waals surface area contributed by atoms with Crippen molar-refractivity contribution in [2.24, 2.45) is 0 Å². The Morgan fingerprint density at radius 1 is 1.40 bits per heavy atom.